The standard InChI is InChI=1S/C10H16F3NO2/c1-9(2,3)14-4-6(8(15)16)7(5-14)10(11,12)13/h6-7H,4-5H2,1-3H3,(H,15,16)/t6-,7+/m0/s1. The van der Waals surface area contributed by atoms with E-state index in [1.165, 1.54) is 0 Å². The normalized spacial score (nSPS) is 28.4. The molecule has 0 spiro atoms. The molecular formula is C10H16F3NO2. The van der Waals surface area contributed by atoms with E-state index in [0.29, 0.717) is 0 Å². The van der Waals surface area contributed by atoms with Gasteiger partial charge in [-0.1, -0.05) is 0 Å². The maximum atomic E-state index is 12.6. The van der Waals surface area contributed by atoms with Gasteiger partial charge in [0.05, 0.1) is 11.8 Å². The molecule has 16 heavy (non-hydrogen) atoms. The van der Waals surface area contributed by atoms with Gasteiger partial charge in [0.25, 0.3) is 0 Å². The minimum absolute atomic E-state index is 0.0387. The van der Waals surface area contributed by atoms with E-state index >= 15 is 0 Å². The van der Waals surface area contributed by atoms with Crippen LogP contribution >= 0.6 is 0 Å². The number of rotatable bonds is 1. The van der Waals surface area contributed by atoms with E-state index < -0.39 is 29.5 Å². The van der Waals surface area contributed by atoms with Crippen molar-refractivity contribution in [3.05, 3.63) is 0 Å². The molecule has 94 valence electrons. The third-order valence-electron chi connectivity index (χ3n) is 3.01. The topological polar surface area (TPSA) is 40.5 Å². The van der Waals surface area contributed by atoms with Crippen molar-refractivity contribution in [2.24, 2.45) is 11.8 Å². The number of carbonyl (C=O) groups is 1. The molecule has 1 aliphatic rings. The van der Waals surface area contributed by atoms with Crippen LogP contribution in [0.25, 0.3) is 0 Å². The van der Waals surface area contributed by atoms with E-state index in [4.69, 9.17) is 5.11 Å². The Morgan fingerprint density at radius 2 is 1.75 bits per heavy atom. The van der Waals surface area contributed by atoms with E-state index in [1.54, 1.807) is 25.7 Å². The Hall–Kier alpha value is -0.780. The maximum absolute atomic E-state index is 12.6. The first kappa shape index (κ1) is 13.3. The fourth-order valence-corrected chi connectivity index (χ4v) is 1.93. The summed E-state index contributed by atoms with van der Waals surface area (Å²) in [4.78, 5) is 12.4. The summed E-state index contributed by atoms with van der Waals surface area (Å²) >= 11 is 0. The van der Waals surface area contributed by atoms with Gasteiger partial charge in [0.2, 0.25) is 0 Å². The number of nitrogens with zero attached hydrogens (tertiary/aromatic N) is 1. The molecule has 1 N–H and O–H groups in total. The first-order chi connectivity index (χ1) is 7.03. The predicted molar refractivity (Wildman–Crippen MR) is 52.0 cm³/mol. The molecule has 0 amide bonds. The maximum Gasteiger partial charge on any atom is 0.393 e. The van der Waals surface area contributed by atoms with Gasteiger partial charge < -0.3 is 5.11 Å². The molecule has 0 aromatic heterocycles. The molecule has 0 aromatic carbocycles. The summed E-state index contributed by atoms with van der Waals surface area (Å²) in [6.07, 6.45) is -4.44. The lowest BCUT2D eigenvalue weighted by Gasteiger charge is -2.31. The Kier molecular flexibility index (Phi) is 3.24. The Labute approximate surface area is 92.2 Å². The number of hydrogen-bond acceptors (Lipinski definition) is 2. The van der Waals surface area contributed by atoms with Gasteiger partial charge in [0.15, 0.2) is 0 Å². The van der Waals surface area contributed by atoms with E-state index in [2.05, 4.69) is 0 Å². The molecule has 0 aromatic rings. The van der Waals surface area contributed by atoms with Gasteiger partial charge in [-0.2, -0.15) is 13.2 Å². The smallest absolute Gasteiger partial charge is 0.393 e. The van der Waals surface area contributed by atoms with E-state index in [1.807, 2.05) is 0 Å². The first-order valence-electron chi connectivity index (χ1n) is 5.08. The summed E-state index contributed by atoms with van der Waals surface area (Å²) in [5, 5.41) is 8.80. The second-order valence-electron chi connectivity index (χ2n) is 5.17. The molecule has 1 saturated heterocycles. The Bertz CT molecular complexity index is 283. The van der Waals surface area contributed by atoms with Crippen LogP contribution in [-0.4, -0.2) is 40.8 Å². The van der Waals surface area contributed by atoms with Crippen LogP contribution in [0.4, 0.5) is 13.2 Å². The van der Waals surface area contributed by atoms with Crippen LogP contribution in [0.15, 0.2) is 0 Å². The fraction of sp³-hybridized carbons (Fsp3) is 0.900. The third-order valence-corrected chi connectivity index (χ3v) is 3.01. The lowest BCUT2D eigenvalue weighted by atomic mass is 9.96. The molecule has 1 fully saturated rings. The molecular weight excluding hydrogens is 223 g/mol. The zero-order valence-electron chi connectivity index (χ0n) is 9.51. The molecule has 0 aliphatic carbocycles. The Morgan fingerprint density at radius 3 is 2.00 bits per heavy atom. The molecule has 2 atom stereocenters. The number of hydrogen-bond donors (Lipinski definition) is 1. The highest BCUT2D eigenvalue weighted by Crippen LogP contribution is 2.39. The molecule has 1 aliphatic heterocycles. The van der Waals surface area contributed by atoms with E-state index in [-0.39, 0.29) is 13.1 Å². The van der Waals surface area contributed by atoms with Crippen molar-refractivity contribution in [1.29, 1.82) is 0 Å². The molecule has 3 nitrogen and oxygen atoms in total. The number of halogens is 3. The van der Waals surface area contributed by atoms with Crippen LogP contribution in [0.1, 0.15) is 20.8 Å². The number of alkyl halides is 3. The highest BCUT2D eigenvalue weighted by atomic mass is 19.4. The van der Waals surface area contributed by atoms with Crippen LogP contribution in [-0.2, 0) is 4.79 Å². The Morgan fingerprint density at radius 1 is 1.25 bits per heavy atom. The summed E-state index contributed by atoms with van der Waals surface area (Å²) in [6.45, 7) is 5.08. The average Bonchev–Trinajstić information content (AvgIpc) is 2.44. The summed E-state index contributed by atoms with van der Waals surface area (Å²) in [7, 11) is 0. The monoisotopic (exact) mass is 239 g/mol. The van der Waals surface area contributed by atoms with Crippen LogP contribution < -0.4 is 0 Å². The van der Waals surface area contributed by atoms with Gasteiger partial charge in [-0.15, -0.1) is 0 Å². The van der Waals surface area contributed by atoms with E-state index in [0.717, 1.165) is 0 Å². The molecule has 1 heterocycles. The summed E-state index contributed by atoms with van der Waals surface area (Å²) in [5.74, 6) is -4.47. The number of likely N-dealkylation sites (tertiary alicyclic amines) is 1. The second kappa shape index (κ2) is 3.91. The van der Waals surface area contributed by atoms with Crippen LogP contribution in [0.5, 0.6) is 0 Å². The van der Waals surface area contributed by atoms with Gasteiger partial charge in [-0.05, 0) is 20.8 Å². The predicted octanol–water partition coefficient (Wildman–Crippen LogP) is 1.98. The zero-order valence-corrected chi connectivity index (χ0v) is 9.51. The summed E-state index contributed by atoms with van der Waals surface area (Å²) < 4.78 is 37.9. The molecule has 0 saturated carbocycles. The minimum atomic E-state index is -4.44. The lowest BCUT2D eigenvalue weighted by molar-refractivity contribution is -0.188. The minimum Gasteiger partial charge on any atom is -0.481 e. The second-order valence-corrected chi connectivity index (χ2v) is 5.17. The van der Waals surface area contributed by atoms with Crippen molar-refractivity contribution >= 4 is 5.97 Å². The van der Waals surface area contributed by atoms with Crippen molar-refractivity contribution in [1.82, 2.24) is 4.90 Å². The van der Waals surface area contributed by atoms with Crippen LogP contribution in [0, 0.1) is 11.8 Å². The molecule has 6 heteroatoms. The molecule has 0 unspecified atom stereocenters. The van der Waals surface area contributed by atoms with E-state index in [9.17, 15) is 18.0 Å². The highest BCUT2D eigenvalue weighted by molar-refractivity contribution is 5.71. The van der Waals surface area contributed by atoms with Crippen molar-refractivity contribution < 1.29 is 23.1 Å². The lowest BCUT2D eigenvalue weighted by Crippen LogP contribution is -2.40. The quantitative estimate of drug-likeness (QED) is 0.760. The van der Waals surface area contributed by atoms with Crippen molar-refractivity contribution in [3.8, 4) is 0 Å². The van der Waals surface area contributed by atoms with Crippen LogP contribution in [0.3, 0.4) is 0 Å². The average molecular weight is 239 g/mol. The molecule has 0 bridgehead atoms. The van der Waals surface area contributed by atoms with Crippen molar-refractivity contribution in [2.75, 3.05) is 13.1 Å². The largest absolute Gasteiger partial charge is 0.481 e. The summed E-state index contributed by atoms with van der Waals surface area (Å²) in [5.41, 5.74) is -0.437. The number of carboxylic acids is 1. The highest BCUT2D eigenvalue weighted by Gasteiger charge is 2.53. The van der Waals surface area contributed by atoms with Gasteiger partial charge in [-0.3, -0.25) is 9.69 Å². The van der Waals surface area contributed by atoms with Gasteiger partial charge in [0.1, 0.15) is 0 Å². The molecule has 0 radical (unpaired) electrons. The van der Waals surface area contributed by atoms with Crippen molar-refractivity contribution in [2.45, 2.75) is 32.5 Å². The summed E-state index contributed by atoms with van der Waals surface area (Å²) in [6, 6.07) is 0. The molecule has 1 rings (SSSR count). The number of carboxylic acid groups (broad SMARTS) is 1. The van der Waals surface area contributed by atoms with Gasteiger partial charge in [-0.25, -0.2) is 0 Å². The van der Waals surface area contributed by atoms with Gasteiger partial charge in [0, 0.05) is 18.6 Å². The fourth-order valence-electron chi connectivity index (χ4n) is 1.93. The zero-order chi connectivity index (χ0) is 12.7. The number of aliphatic carboxylic acids is 1. The van der Waals surface area contributed by atoms with Crippen molar-refractivity contribution in [3.63, 3.8) is 0 Å². The Balaban J connectivity index is 2.89. The first-order valence-corrected chi connectivity index (χ1v) is 5.08. The third kappa shape index (κ3) is 2.66. The van der Waals surface area contributed by atoms with Gasteiger partial charge >= 0.3 is 12.1 Å². The van der Waals surface area contributed by atoms with Crippen LogP contribution in [0.2, 0.25) is 0 Å². The SMILES string of the molecule is CC(C)(C)N1C[C@H](C(=O)O)[C@H](C(F)(F)F)C1.